The van der Waals surface area contributed by atoms with E-state index in [0.29, 0.717) is 6.42 Å². The summed E-state index contributed by atoms with van der Waals surface area (Å²) in [5.41, 5.74) is 0. The molecule has 0 aromatic carbocycles. The van der Waals surface area contributed by atoms with Crippen molar-refractivity contribution in [1.29, 1.82) is 0 Å². The fraction of sp³-hybridized carbons (Fsp3) is 0.653. The monoisotopic (exact) mass is 734 g/mol. The Morgan fingerprint density at radius 2 is 0.849 bits per heavy atom. The van der Waals surface area contributed by atoms with E-state index in [1.165, 1.54) is 83.5 Å². The van der Waals surface area contributed by atoms with Gasteiger partial charge in [0, 0.05) is 6.42 Å². The van der Waals surface area contributed by atoms with Crippen molar-refractivity contribution >= 4 is 5.91 Å². The minimum atomic E-state index is -0.874. The third-order valence-corrected chi connectivity index (χ3v) is 9.30. The summed E-state index contributed by atoms with van der Waals surface area (Å²) in [6, 6.07) is -0.653. The van der Waals surface area contributed by atoms with Crippen molar-refractivity contribution in [3.63, 3.8) is 0 Å². The van der Waals surface area contributed by atoms with E-state index in [2.05, 4.69) is 104 Å². The Bertz CT molecular complexity index is 1010. The molecule has 0 heterocycles. The van der Waals surface area contributed by atoms with E-state index in [9.17, 15) is 15.0 Å². The summed E-state index contributed by atoms with van der Waals surface area (Å²) in [5.74, 6) is -0.0935. The number of hydrogen-bond acceptors (Lipinski definition) is 3. The van der Waals surface area contributed by atoms with Gasteiger partial charge >= 0.3 is 0 Å². The lowest BCUT2D eigenvalue weighted by atomic mass is 10.1. The molecule has 0 aromatic heterocycles. The number of unbranched alkanes of at least 4 members (excludes halogenated alkanes) is 17. The maximum Gasteiger partial charge on any atom is 0.220 e. The van der Waals surface area contributed by atoms with Crippen LogP contribution in [0.1, 0.15) is 187 Å². The van der Waals surface area contributed by atoms with Crippen LogP contribution < -0.4 is 5.32 Å². The van der Waals surface area contributed by atoms with Crippen LogP contribution in [0, 0.1) is 0 Å². The van der Waals surface area contributed by atoms with Gasteiger partial charge in [-0.3, -0.25) is 4.79 Å². The van der Waals surface area contributed by atoms with E-state index < -0.39 is 12.1 Å². The number of amides is 1. The van der Waals surface area contributed by atoms with Gasteiger partial charge in [-0.15, -0.1) is 0 Å². The average molecular weight is 734 g/mol. The highest BCUT2D eigenvalue weighted by Crippen LogP contribution is 2.12. The number of hydrogen-bond donors (Lipinski definition) is 3. The van der Waals surface area contributed by atoms with E-state index >= 15 is 0 Å². The molecule has 4 heteroatoms. The Morgan fingerprint density at radius 1 is 0.472 bits per heavy atom. The van der Waals surface area contributed by atoms with Gasteiger partial charge in [-0.2, -0.15) is 0 Å². The summed E-state index contributed by atoms with van der Waals surface area (Å²) >= 11 is 0. The normalized spacial score (nSPS) is 14.0. The zero-order valence-corrected chi connectivity index (χ0v) is 34.5. The summed E-state index contributed by atoms with van der Waals surface area (Å²) in [7, 11) is 0. The molecule has 0 saturated heterocycles. The van der Waals surface area contributed by atoms with E-state index in [0.717, 1.165) is 83.5 Å². The van der Waals surface area contributed by atoms with E-state index in [-0.39, 0.29) is 12.5 Å². The molecule has 53 heavy (non-hydrogen) atoms. The minimum absolute atomic E-state index is 0.0935. The van der Waals surface area contributed by atoms with E-state index in [1.807, 2.05) is 6.08 Å². The zero-order valence-electron chi connectivity index (χ0n) is 34.5. The lowest BCUT2D eigenvalue weighted by Gasteiger charge is -2.19. The molecule has 1 amide bonds. The smallest absolute Gasteiger partial charge is 0.220 e. The van der Waals surface area contributed by atoms with Crippen molar-refractivity contribution in [3.8, 4) is 0 Å². The molecule has 2 atom stereocenters. The molecule has 4 nitrogen and oxygen atoms in total. The first-order valence-corrected chi connectivity index (χ1v) is 22.0. The third kappa shape index (κ3) is 40.3. The molecule has 0 bridgehead atoms. The summed E-state index contributed by atoms with van der Waals surface area (Å²) in [4.78, 5) is 12.4. The highest BCUT2D eigenvalue weighted by molar-refractivity contribution is 5.76. The molecule has 0 fully saturated rings. The van der Waals surface area contributed by atoms with Gasteiger partial charge in [-0.25, -0.2) is 0 Å². The lowest BCUT2D eigenvalue weighted by Crippen LogP contribution is -2.45. The molecular weight excluding hydrogens is 651 g/mol. The van der Waals surface area contributed by atoms with Crippen molar-refractivity contribution in [2.75, 3.05) is 6.61 Å². The Hall–Kier alpha value is -2.69. The number of aliphatic hydroxyl groups is 2. The Morgan fingerprint density at radius 3 is 1.32 bits per heavy atom. The number of nitrogens with one attached hydrogen (secondary N) is 1. The number of aliphatic hydroxyl groups excluding tert-OH is 2. The quantitative estimate of drug-likeness (QED) is 0.0437. The van der Waals surface area contributed by atoms with Crippen LogP contribution in [0.4, 0.5) is 0 Å². The molecular formula is C49H83NO3. The molecule has 0 saturated carbocycles. The van der Waals surface area contributed by atoms with Crippen molar-refractivity contribution in [3.05, 3.63) is 97.2 Å². The number of rotatable bonds is 38. The Labute approximate surface area is 328 Å². The van der Waals surface area contributed by atoms with Gasteiger partial charge in [0.25, 0.3) is 0 Å². The van der Waals surface area contributed by atoms with Gasteiger partial charge in [-0.1, -0.05) is 195 Å². The second-order valence-corrected chi connectivity index (χ2v) is 14.4. The fourth-order valence-electron chi connectivity index (χ4n) is 5.96. The maximum atomic E-state index is 12.4. The fourth-order valence-corrected chi connectivity index (χ4v) is 5.96. The van der Waals surface area contributed by atoms with Gasteiger partial charge in [-0.05, 0) is 83.5 Å². The molecule has 2 unspecified atom stereocenters. The highest BCUT2D eigenvalue weighted by atomic mass is 16.3. The summed E-state index contributed by atoms with van der Waals surface area (Å²) in [6.45, 7) is 4.16. The molecule has 0 rings (SSSR count). The summed E-state index contributed by atoms with van der Waals surface area (Å²) in [6.07, 6.45) is 65.1. The van der Waals surface area contributed by atoms with E-state index in [4.69, 9.17) is 0 Å². The molecule has 0 aliphatic heterocycles. The largest absolute Gasteiger partial charge is 0.394 e. The molecule has 0 aliphatic rings. The Balaban J connectivity index is 3.71. The van der Waals surface area contributed by atoms with E-state index in [1.54, 1.807) is 6.08 Å². The predicted molar refractivity (Wildman–Crippen MR) is 234 cm³/mol. The molecule has 0 radical (unpaired) electrons. The van der Waals surface area contributed by atoms with Crippen LogP contribution in [0.2, 0.25) is 0 Å². The maximum absolute atomic E-state index is 12.4. The molecule has 3 N–H and O–H groups in total. The standard InChI is InChI=1S/C49H83NO3/c1-3-5-7-9-11-13-15-17-19-21-22-23-24-25-26-27-28-29-31-33-35-37-39-41-43-45-49(53)50-47(46-51)48(52)44-42-40-38-36-34-32-30-20-18-16-14-12-10-8-6-4-2/h5,7,11,13,17,19,22-23,25-26,28-29,34,36,42,44,47-48,51-52H,3-4,6,8-10,12,14-16,18,20-21,24,27,30-33,35,37-41,43,45-46H2,1-2H3,(H,50,53)/b7-5-,13-11-,19-17-,23-22-,26-25-,29-28-,36-34+,44-42+. The third-order valence-electron chi connectivity index (χ3n) is 9.30. The summed E-state index contributed by atoms with van der Waals surface area (Å²) < 4.78 is 0. The van der Waals surface area contributed by atoms with Gasteiger partial charge in [0.05, 0.1) is 18.8 Å². The highest BCUT2D eigenvalue weighted by Gasteiger charge is 2.17. The second-order valence-electron chi connectivity index (χ2n) is 14.4. The van der Waals surface area contributed by atoms with Gasteiger partial charge in [0.2, 0.25) is 5.91 Å². The lowest BCUT2D eigenvalue weighted by molar-refractivity contribution is -0.123. The number of carbonyl (C=O) groups excluding carboxylic acids is 1. The van der Waals surface area contributed by atoms with Crippen LogP contribution in [0.3, 0.4) is 0 Å². The van der Waals surface area contributed by atoms with Crippen molar-refractivity contribution in [2.45, 2.75) is 199 Å². The molecule has 0 aliphatic carbocycles. The Kier molecular flexibility index (Phi) is 41.5. The number of carbonyl (C=O) groups is 1. The first kappa shape index (κ1) is 50.3. The van der Waals surface area contributed by atoms with Gasteiger partial charge in [0.15, 0.2) is 0 Å². The average Bonchev–Trinajstić information content (AvgIpc) is 3.16. The summed E-state index contributed by atoms with van der Waals surface area (Å²) in [5, 5.41) is 23.0. The first-order valence-electron chi connectivity index (χ1n) is 22.0. The zero-order chi connectivity index (χ0) is 38.6. The van der Waals surface area contributed by atoms with Crippen molar-refractivity contribution < 1.29 is 15.0 Å². The molecule has 0 spiro atoms. The van der Waals surface area contributed by atoms with Crippen LogP contribution in [0.15, 0.2) is 97.2 Å². The van der Waals surface area contributed by atoms with Crippen LogP contribution in [-0.4, -0.2) is 34.9 Å². The van der Waals surface area contributed by atoms with Crippen LogP contribution in [0.25, 0.3) is 0 Å². The van der Waals surface area contributed by atoms with Crippen molar-refractivity contribution in [1.82, 2.24) is 5.32 Å². The van der Waals surface area contributed by atoms with Crippen molar-refractivity contribution in [2.24, 2.45) is 0 Å². The topological polar surface area (TPSA) is 69.6 Å². The SMILES string of the molecule is CC/C=C\C/C=C\C/C=C\C/C=C\C/C=C\C/C=C\CCCCCCCCC(=O)NC(CO)C(O)/C=C/CC/C=C/CCCCCCCCCCCC. The predicted octanol–water partition coefficient (Wildman–Crippen LogP) is 13.8. The van der Waals surface area contributed by atoms with Gasteiger partial charge < -0.3 is 15.5 Å². The first-order chi connectivity index (χ1) is 26.2. The minimum Gasteiger partial charge on any atom is -0.394 e. The second kappa shape index (κ2) is 43.7. The van der Waals surface area contributed by atoms with Crippen LogP contribution in [-0.2, 0) is 4.79 Å². The van der Waals surface area contributed by atoms with Crippen LogP contribution in [0.5, 0.6) is 0 Å². The number of allylic oxidation sites excluding steroid dienone is 15. The van der Waals surface area contributed by atoms with Crippen LogP contribution >= 0.6 is 0 Å². The van der Waals surface area contributed by atoms with Gasteiger partial charge in [0.1, 0.15) is 0 Å². The molecule has 302 valence electrons. The molecule has 0 aromatic rings.